The standard InChI is InChI=1S/C16H16N4O4S2/c1-8-5-4-6-12(13(8)25)26(22,23)20-16(21)19-15-17-10(3)11-7-9(2)24-14(11)18-15/h4-8H,1-3H3,(H2,17,18,19,20,21). The summed E-state index contributed by atoms with van der Waals surface area (Å²) in [5.74, 6) is 0.382. The first-order chi connectivity index (χ1) is 12.2. The predicted octanol–water partition coefficient (Wildman–Crippen LogP) is 2.75. The first kappa shape index (κ1) is 18.2. The first-order valence-corrected chi connectivity index (χ1v) is 9.58. The van der Waals surface area contributed by atoms with E-state index in [1.165, 1.54) is 6.08 Å². The van der Waals surface area contributed by atoms with Crippen LogP contribution in [-0.4, -0.2) is 29.3 Å². The molecule has 0 radical (unpaired) electrons. The number of rotatable bonds is 3. The molecule has 3 rings (SSSR count). The van der Waals surface area contributed by atoms with E-state index in [-0.39, 0.29) is 21.6 Å². The number of urea groups is 1. The number of hydrogen-bond donors (Lipinski definition) is 2. The van der Waals surface area contributed by atoms with E-state index in [0.717, 1.165) is 5.39 Å². The zero-order chi connectivity index (χ0) is 19.1. The molecular weight excluding hydrogens is 376 g/mol. The molecule has 8 nitrogen and oxygen atoms in total. The number of aromatic nitrogens is 2. The van der Waals surface area contributed by atoms with E-state index in [1.54, 1.807) is 39.0 Å². The minimum Gasteiger partial charge on any atom is -0.443 e. The van der Waals surface area contributed by atoms with Crippen LogP contribution in [-0.2, 0) is 10.0 Å². The van der Waals surface area contributed by atoms with E-state index in [0.29, 0.717) is 17.2 Å². The Balaban J connectivity index is 1.79. The van der Waals surface area contributed by atoms with Crippen molar-refractivity contribution in [2.24, 2.45) is 5.92 Å². The van der Waals surface area contributed by atoms with Gasteiger partial charge < -0.3 is 4.42 Å². The van der Waals surface area contributed by atoms with Crippen LogP contribution in [0, 0.1) is 19.8 Å². The highest BCUT2D eigenvalue weighted by Gasteiger charge is 2.27. The molecule has 0 saturated carbocycles. The quantitative estimate of drug-likeness (QED) is 0.772. The highest BCUT2D eigenvalue weighted by atomic mass is 32.2. The van der Waals surface area contributed by atoms with E-state index in [9.17, 15) is 13.2 Å². The summed E-state index contributed by atoms with van der Waals surface area (Å²) in [5, 5.41) is 3.03. The highest BCUT2D eigenvalue weighted by molar-refractivity contribution is 7.97. The summed E-state index contributed by atoms with van der Waals surface area (Å²) in [6, 6.07) is 0.794. The number of nitrogens with one attached hydrogen (secondary N) is 2. The van der Waals surface area contributed by atoms with Crippen molar-refractivity contribution in [3.8, 4) is 0 Å². The van der Waals surface area contributed by atoms with Gasteiger partial charge in [0.15, 0.2) is 0 Å². The van der Waals surface area contributed by atoms with Crippen molar-refractivity contribution in [3.63, 3.8) is 0 Å². The fourth-order valence-electron chi connectivity index (χ4n) is 2.47. The number of hydrogen-bond acceptors (Lipinski definition) is 7. The molecule has 1 unspecified atom stereocenters. The van der Waals surface area contributed by atoms with Gasteiger partial charge in [-0.25, -0.2) is 22.9 Å². The second kappa shape index (κ2) is 6.61. The molecule has 0 saturated heterocycles. The maximum absolute atomic E-state index is 12.4. The number of thiocarbonyl (C=S) groups is 1. The van der Waals surface area contributed by atoms with E-state index >= 15 is 0 Å². The Labute approximate surface area is 155 Å². The van der Waals surface area contributed by atoms with Gasteiger partial charge in [-0.1, -0.05) is 31.3 Å². The molecule has 10 heteroatoms. The van der Waals surface area contributed by atoms with Gasteiger partial charge >= 0.3 is 6.03 Å². The van der Waals surface area contributed by atoms with Crippen LogP contribution < -0.4 is 10.0 Å². The molecule has 1 aliphatic carbocycles. The number of allylic oxidation sites excluding steroid dienone is 4. The Morgan fingerprint density at radius 1 is 1.31 bits per heavy atom. The minimum atomic E-state index is -4.11. The molecule has 2 N–H and O–H groups in total. The van der Waals surface area contributed by atoms with Crippen LogP contribution in [0.15, 0.2) is 33.6 Å². The van der Waals surface area contributed by atoms with E-state index in [2.05, 4.69) is 15.3 Å². The highest BCUT2D eigenvalue weighted by Crippen LogP contribution is 2.22. The number of fused-ring (bicyclic) bond motifs is 1. The van der Waals surface area contributed by atoms with Gasteiger partial charge in [0.05, 0.1) is 11.1 Å². The Morgan fingerprint density at radius 3 is 2.77 bits per heavy atom. The lowest BCUT2D eigenvalue weighted by atomic mass is 10.0. The van der Waals surface area contributed by atoms with Crippen LogP contribution in [0.25, 0.3) is 11.1 Å². The number of aryl methyl sites for hydroxylation is 2. The predicted molar refractivity (Wildman–Crippen MR) is 101 cm³/mol. The van der Waals surface area contributed by atoms with Gasteiger partial charge in [0.1, 0.15) is 10.7 Å². The summed E-state index contributed by atoms with van der Waals surface area (Å²) in [6.07, 6.45) is 4.72. The van der Waals surface area contributed by atoms with Crippen LogP contribution in [0.5, 0.6) is 0 Å². The van der Waals surface area contributed by atoms with Crippen molar-refractivity contribution in [1.29, 1.82) is 0 Å². The molecule has 0 fully saturated rings. The maximum Gasteiger partial charge on any atom is 0.335 e. The first-order valence-electron chi connectivity index (χ1n) is 7.68. The maximum atomic E-state index is 12.4. The minimum absolute atomic E-state index is 0.0643. The van der Waals surface area contributed by atoms with Crippen molar-refractivity contribution in [3.05, 3.63) is 40.7 Å². The number of carbonyl (C=O) groups excluding carboxylic acids is 1. The summed E-state index contributed by atoms with van der Waals surface area (Å²) in [4.78, 5) is 20.5. The van der Waals surface area contributed by atoms with Crippen LogP contribution in [0.1, 0.15) is 18.4 Å². The average Bonchev–Trinajstić information content (AvgIpc) is 2.90. The van der Waals surface area contributed by atoms with Gasteiger partial charge in [0, 0.05) is 10.8 Å². The van der Waals surface area contributed by atoms with E-state index in [1.807, 2.05) is 4.72 Å². The number of sulfonamides is 1. The Morgan fingerprint density at radius 2 is 2.04 bits per heavy atom. The second-order valence-electron chi connectivity index (χ2n) is 5.84. The van der Waals surface area contributed by atoms with Gasteiger partial charge in [0.25, 0.3) is 10.0 Å². The molecule has 2 aromatic heterocycles. The largest absolute Gasteiger partial charge is 0.443 e. The van der Waals surface area contributed by atoms with Gasteiger partial charge in [-0.3, -0.25) is 5.32 Å². The van der Waals surface area contributed by atoms with Gasteiger partial charge in [-0.2, -0.15) is 4.98 Å². The monoisotopic (exact) mass is 392 g/mol. The Hall–Kier alpha value is -2.59. The van der Waals surface area contributed by atoms with Gasteiger partial charge in [-0.15, -0.1) is 0 Å². The zero-order valence-electron chi connectivity index (χ0n) is 14.2. The summed E-state index contributed by atoms with van der Waals surface area (Å²) < 4.78 is 32.1. The summed E-state index contributed by atoms with van der Waals surface area (Å²) in [6.45, 7) is 5.28. The van der Waals surface area contributed by atoms with Gasteiger partial charge in [0.2, 0.25) is 11.7 Å². The number of anilines is 1. The molecule has 1 aliphatic rings. The Bertz CT molecular complexity index is 1080. The van der Waals surface area contributed by atoms with E-state index in [4.69, 9.17) is 16.6 Å². The number of amides is 2. The van der Waals surface area contributed by atoms with Crippen LogP contribution >= 0.6 is 12.2 Å². The Kier molecular flexibility index (Phi) is 4.63. The molecule has 0 aromatic carbocycles. The normalized spacial score (nSPS) is 17.3. The molecule has 26 heavy (non-hydrogen) atoms. The molecular formula is C16H16N4O4S2. The van der Waals surface area contributed by atoms with Crippen molar-refractivity contribution in [2.45, 2.75) is 20.8 Å². The molecule has 0 aliphatic heterocycles. The van der Waals surface area contributed by atoms with Crippen LogP contribution in [0.3, 0.4) is 0 Å². The summed E-state index contributed by atoms with van der Waals surface area (Å²) >= 11 is 5.15. The molecule has 136 valence electrons. The number of nitrogens with zero attached hydrogens (tertiary/aromatic N) is 2. The van der Waals surface area contributed by atoms with Crippen molar-refractivity contribution >= 4 is 50.2 Å². The second-order valence-corrected chi connectivity index (χ2v) is 7.93. The lowest BCUT2D eigenvalue weighted by Crippen LogP contribution is -2.38. The number of carbonyl (C=O) groups is 1. The topological polar surface area (TPSA) is 114 Å². The third-order valence-electron chi connectivity index (χ3n) is 3.75. The fourth-order valence-corrected chi connectivity index (χ4v) is 4.06. The molecule has 2 amide bonds. The summed E-state index contributed by atoms with van der Waals surface area (Å²) in [5.41, 5.74) is 0.906. The van der Waals surface area contributed by atoms with E-state index < -0.39 is 16.1 Å². The lowest BCUT2D eigenvalue weighted by Gasteiger charge is -2.17. The van der Waals surface area contributed by atoms with Crippen molar-refractivity contribution in [1.82, 2.24) is 14.7 Å². The molecule has 2 aromatic rings. The fraction of sp³-hybridized carbons (Fsp3) is 0.250. The smallest absolute Gasteiger partial charge is 0.335 e. The van der Waals surface area contributed by atoms with Crippen LogP contribution in [0.4, 0.5) is 10.7 Å². The lowest BCUT2D eigenvalue weighted by molar-refractivity contribution is 0.256. The third kappa shape index (κ3) is 3.51. The van der Waals surface area contributed by atoms with Crippen molar-refractivity contribution < 1.29 is 17.6 Å². The molecule has 1 atom stereocenters. The average molecular weight is 392 g/mol. The molecule has 0 bridgehead atoms. The van der Waals surface area contributed by atoms with Gasteiger partial charge in [-0.05, 0) is 26.0 Å². The zero-order valence-corrected chi connectivity index (χ0v) is 15.9. The third-order valence-corrected chi connectivity index (χ3v) is 5.86. The molecule has 2 heterocycles. The molecule has 0 spiro atoms. The van der Waals surface area contributed by atoms with Crippen LogP contribution in [0.2, 0.25) is 0 Å². The SMILES string of the molecule is Cc1cc2c(C)nc(NC(=O)NS(=O)(=O)C3=CC=CC(C)C3=S)nc2o1. The number of furan rings is 1. The summed E-state index contributed by atoms with van der Waals surface area (Å²) in [7, 11) is -4.11. The van der Waals surface area contributed by atoms with Crippen molar-refractivity contribution in [2.75, 3.05) is 5.32 Å².